The number of unbranched alkanes of at least 4 members (excludes halogenated alkanes) is 14. The van der Waals surface area contributed by atoms with E-state index in [2.05, 4.69) is 36.5 Å². The second-order valence-corrected chi connectivity index (χ2v) is 7.76. The summed E-state index contributed by atoms with van der Waals surface area (Å²) < 4.78 is 9.25. The summed E-state index contributed by atoms with van der Waals surface area (Å²) in [6.45, 7) is 11.1. The molecule has 0 amide bonds. The monoisotopic (exact) mass is 424 g/mol. The Hall–Kier alpha value is -1.58. The van der Waals surface area contributed by atoms with Crippen molar-refractivity contribution in [1.82, 2.24) is 0 Å². The molecule has 0 aromatic rings. The molecule has 0 aromatic heterocycles. The quantitative estimate of drug-likeness (QED) is 0.112. The van der Waals surface area contributed by atoms with Gasteiger partial charge in [0.1, 0.15) is 0 Å². The SMILES string of the molecule is C=COC(=O)CCCCCCCCC.C=COC(=O)CCCCCCCCCCC. The van der Waals surface area contributed by atoms with Crippen LogP contribution in [-0.4, -0.2) is 11.9 Å². The Kier molecular flexibility index (Phi) is 28.0. The fourth-order valence-corrected chi connectivity index (χ4v) is 3.11. The van der Waals surface area contributed by atoms with Gasteiger partial charge in [0.25, 0.3) is 0 Å². The van der Waals surface area contributed by atoms with Crippen molar-refractivity contribution in [3.63, 3.8) is 0 Å². The van der Waals surface area contributed by atoms with Gasteiger partial charge in [-0.2, -0.15) is 0 Å². The lowest BCUT2D eigenvalue weighted by Crippen LogP contribution is -1.98. The summed E-state index contributed by atoms with van der Waals surface area (Å²) in [6, 6.07) is 0. The van der Waals surface area contributed by atoms with Gasteiger partial charge in [0.2, 0.25) is 0 Å². The minimum atomic E-state index is -0.159. The van der Waals surface area contributed by atoms with E-state index in [-0.39, 0.29) is 11.9 Å². The van der Waals surface area contributed by atoms with Gasteiger partial charge in [-0.05, 0) is 12.8 Å². The summed E-state index contributed by atoms with van der Waals surface area (Å²) >= 11 is 0. The lowest BCUT2D eigenvalue weighted by molar-refractivity contribution is -0.139. The van der Waals surface area contributed by atoms with E-state index in [1.54, 1.807) is 0 Å². The molecule has 0 spiro atoms. The number of hydrogen-bond donors (Lipinski definition) is 0. The molecule has 30 heavy (non-hydrogen) atoms. The molecule has 0 atom stereocenters. The van der Waals surface area contributed by atoms with E-state index >= 15 is 0 Å². The highest BCUT2D eigenvalue weighted by atomic mass is 16.5. The van der Waals surface area contributed by atoms with Gasteiger partial charge in [0.05, 0.1) is 12.5 Å². The molecule has 0 bridgehead atoms. The molecule has 0 heterocycles. The summed E-state index contributed by atoms with van der Waals surface area (Å²) in [5.41, 5.74) is 0. The number of carbonyl (C=O) groups is 2. The topological polar surface area (TPSA) is 52.6 Å². The molecule has 0 N–H and O–H groups in total. The Balaban J connectivity index is 0. The zero-order valence-electron chi connectivity index (χ0n) is 19.9. The second kappa shape index (κ2) is 27.4. The van der Waals surface area contributed by atoms with E-state index in [1.165, 1.54) is 89.6 Å². The van der Waals surface area contributed by atoms with Crippen molar-refractivity contribution in [3.05, 3.63) is 25.7 Å². The molecule has 4 heteroatoms. The van der Waals surface area contributed by atoms with E-state index in [9.17, 15) is 9.59 Å². The molecule has 0 aliphatic carbocycles. The largest absolute Gasteiger partial charge is 0.435 e. The van der Waals surface area contributed by atoms with Gasteiger partial charge in [-0.15, -0.1) is 0 Å². The van der Waals surface area contributed by atoms with Crippen molar-refractivity contribution in [2.24, 2.45) is 0 Å². The number of carbonyl (C=O) groups excluding carboxylic acids is 2. The Bertz CT molecular complexity index is 404. The van der Waals surface area contributed by atoms with E-state index < -0.39 is 0 Å². The Morgan fingerprint density at radius 3 is 1.07 bits per heavy atom. The van der Waals surface area contributed by atoms with Crippen LogP contribution in [-0.2, 0) is 19.1 Å². The molecule has 0 unspecified atom stereocenters. The van der Waals surface area contributed by atoms with Crippen LogP contribution in [0, 0.1) is 0 Å². The van der Waals surface area contributed by atoms with Gasteiger partial charge >= 0.3 is 11.9 Å². The van der Waals surface area contributed by atoms with Gasteiger partial charge in [0, 0.05) is 12.8 Å². The minimum Gasteiger partial charge on any atom is -0.435 e. The van der Waals surface area contributed by atoms with E-state index in [0.29, 0.717) is 12.8 Å². The van der Waals surface area contributed by atoms with Crippen LogP contribution >= 0.6 is 0 Å². The average molecular weight is 425 g/mol. The van der Waals surface area contributed by atoms with E-state index in [0.717, 1.165) is 25.7 Å². The molecule has 0 aliphatic rings. The summed E-state index contributed by atoms with van der Waals surface area (Å²) in [6.07, 6.45) is 23.4. The molecule has 0 aromatic carbocycles. The smallest absolute Gasteiger partial charge is 0.310 e. The first-order chi connectivity index (χ1) is 14.6. The van der Waals surface area contributed by atoms with Crippen LogP contribution in [0.15, 0.2) is 25.7 Å². The molecule has 4 nitrogen and oxygen atoms in total. The molecule has 0 saturated carbocycles. The molecule has 0 fully saturated rings. The van der Waals surface area contributed by atoms with Gasteiger partial charge in [-0.25, -0.2) is 0 Å². The van der Waals surface area contributed by atoms with Gasteiger partial charge in [0.15, 0.2) is 0 Å². The van der Waals surface area contributed by atoms with Crippen molar-refractivity contribution in [1.29, 1.82) is 0 Å². The van der Waals surface area contributed by atoms with Crippen LogP contribution in [0.5, 0.6) is 0 Å². The Labute approximate surface area is 186 Å². The Morgan fingerprint density at radius 1 is 0.533 bits per heavy atom. The van der Waals surface area contributed by atoms with Crippen molar-refractivity contribution in [2.45, 2.75) is 129 Å². The fourth-order valence-electron chi connectivity index (χ4n) is 3.11. The van der Waals surface area contributed by atoms with Crippen LogP contribution in [0.1, 0.15) is 129 Å². The van der Waals surface area contributed by atoms with Crippen molar-refractivity contribution in [2.75, 3.05) is 0 Å². The maximum absolute atomic E-state index is 11.0. The molecule has 0 rings (SSSR count). The van der Waals surface area contributed by atoms with E-state index in [4.69, 9.17) is 0 Å². The normalized spacial score (nSPS) is 9.93. The van der Waals surface area contributed by atoms with Crippen molar-refractivity contribution in [3.8, 4) is 0 Å². The Morgan fingerprint density at radius 2 is 0.800 bits per heavy atom. The summed E-state index contributed by atoms with van der Waals surface area (Å²) in [7, 11) is 0. The lowest BCUT2D eigenvalue weighted by atomic mass is 10.1. The number of hydrogen-bond acceptors (Lipinski definition) is 4. The van der Waals surface area contributed by atoms with Crippen LogP contribution in [0.4, 0.5) is 0 Å². The molecular formula is C26H48O4. The minimum absolute atomic E-state index is 0.155. The first kappa shape index (κ1) is 30.6. The van der Waals surface area contributed by atoms with Gasteiger partial charge in [-0.3, -0.25) is 9.59 Å². The second-order valence-electron chi connectivity index (χ2n) is 7.76. The van der Waals surface area contributed by atoms with Crippen LogP contribution < -0.4 is 0 Å². The van der Waals surface area contributed by atoms with E-state index in [1.807, 2.05) is 0 Å². The highest BCUT2D eigenvalue weighted by molar-refractivity contribution is 5.70. The number of rotatable bonds is 20. The predicted molar refractivity (Wildman–Crippen MR) is 127 cm³/mol. The third kappa shape index (κ3) is 28.6. The molecule has 0 aliphatic heterocycles. The molecular weight excluding hydrogens is 376 g/mol. The van der Waals surface area contributed by atoms with Crippen LogP contribution in [0.2, 0.25) is 0 Å². The molecule has 0 saturated heterocycles. The van der Waals surface area contributed by atoms with Gasteiger partial charge < -0.3 is 9.47 Å². The summed E-state index contributed by atoms with van der Waals surface area (Å²) in [5, 5.41) is 0. The van der Waals surface area contributed by atoms with Crippen LogP contribution in [0.25, 0.3) is 0 Å². The third-order valence-corrected chi connectivity index (χ3v) is 4.90. The highest BCUT2D eigenvalue weighted by Gasteiger charge is 2.00. The van der Waals surface area contributed by atoms with Crippen LogP contribution in [0.3, 0.4) is 0 Å². The summed E-state index contributed by atoms with van der Waals surface area (Å²) in [5.74, 6) is -0.313. The zero-order chi connectivity index (χ0) is 22.7. The lowest BCUT2D eigenvalue weighted by Gasteiger charge is -2.01. The molecule has 0 radical (unpaired) electrons. The molecule has 176 valence electrons. The van der Waals surface area contributed by atoms with Crippen molar-refractivity contribution >= 4 is 11.9 Å². The summed E-state index contributed by atoms with van der Waals surface area (Å²) in [4.78, 5) is 21.8. The fraction of sp³-hybridized carbons (Fsp3) is 0.769. The van der Waals surface area contributed by atoms with Crippen molar-refractivity contribution < 1.29 is 19.1 Å². The third-order valence-electron chi connectivity index (χ3n) is 4.90. The highest BCUT2D eigenvalue weighted by Crippen LogP contribution is 2.11. The maximum atomic E-state index is 11.0. The number of ether oxygens (including phenoxy) is 2. The first-order valence-corrected chi connectivity index (χ1v) is 12.2. The zero-order valence-corrected chi connectivity index (χ0v) is 19.9. The van der Waals surface area contributed by atoms with Gasteiger partial charge in [-0.1, -0.05) is 117 Å². The standard InChI is InChI=1S/C14H26O2.C12H22O2/c1-3-5-6-7-8-9-10-11-12-13-14(15)16-4-2;1-3-5-6-7-8-9-10-11-12(13)14-4-2/h4H,2-3,5-13H2,1H3;4H,2-3,5-11H2,1H3. The predicted octanol–water partition coefficient (Wildman–Crippen LogP) is 8.41. The number of esters is 2. The maximum Gasteiger partial charge on any atom is 0.310 e. The first-order valence-electron chi connectivity index (χ1n) is 12.2. The average Bonchev–Trinajstić information content (AvgIpc) is 2.73.